The van der Waals surface area contributed by atoms with Gasteiger partial charge in [0.05, 0.1) is 24.2 Å². The molecule has 1 aliphatic carbocycles. The van der Waals surface area contributed by atoms with E-state index in [1.54, 1.807) is 17.0 Å². The van der Waals surface area contributed by atoms with Gasteiger partial charge < -0.3 is 15.5 Å². The second-order valence-electron chi connectivity index (χ2n) is 11.2. The Morgan fingerprint density at radius 3 is 2.55 bits per heavy atom. The van der Waals surface area contributed by atoms with Crippen molar-refractivity contribution >= 4 is 11.8 Å². The van der Waals surface area contributed by atoms with Gasteiger partial charge in [-0.25, -0.2) is 4.39 Å². The Labute approximate surface area is 194 Å². The van der Waals surface area contributed by atoms with Gasteiger partial charge in [-0.1, -0.05) is 32.9 Å². The van der Waals surface area contributed by atoms with E-state index in [-0.39, 0.29) is 53.3 Å². The molecule has 1 unspecified atom stereocenters. The highest BCUT2D eigenvalue weighted by Crippen LogP contribution is 2.48. The standard InChI is InChI=1S/C25H32FN5O2/c1-25(2,3)22(14-4-6-16(26)7-5-14)31-18-10-21(24(31)33)29(12-18)13-19(28)23(32)30-17(11-27)8-15-9-20(15)30/h4-7,15,17-22H,8-10,12-13,28H2,1-3H3/t15?,17-,18+,19-,20-,21+,22-/m0/s1. The lowest BCUT2D eigenvalue weighted by Gasteiger charge is -2.45. The smallest absolute Gasteiger partial charge is 0.242 e. The van der Waals surface area contributed by atoms with Gasteiger partial charge in [0.2, 0.25) is 11.8 Å². The molecule has 2 N–H and O–H groups in total. The van der Waals surface area contributed by atoms with Crippen LogP contribution in [0.15, 0.2) is 24.3 Å². The van der Waals surface area contributed by atoms with E-state index >= 15 is 0 Å². The van der Waals surface area contributed by atoms with Crippen molar-refractivity contribution in [2.45, 2.75) is 76.3 Å². The van der Waals surface area contributed by atoms with Gasteiger partial charge in [0.25, 0.3) is 0 Å². The van der Waals surface area contributed by atoms with Gasteiger partial charge in [-0.3, -0.25) is 14.5 Å². The van der Waals surface area contributed by atoms with Crippen molar-refractivity contribution in [2.24, 2.45) is 17.1 Å². The number of piperidine rings is 1. The first-order chi connectivity index (χ1) is 15.6. The number of hydrogen-bond donors (Lipinski definition) is 1. The lowest BCUT2D eigenvalue weighted by Crippen LogP contribution is -2.58. The minimum Gasteiger partial charge on any atom is -0.329 e. The van der Waals surface area contributed by atoms with E-state index in [1.807, 2.05) is 9.80 Å². The monoisotopic (exact) mass is 453 g/mol. The fourth-order valence-electron chi connectivity index (χ4n) is 6.36. The summed E-state index contributed by atoms with van der Waals surface area (Å²) in [6, 6.07) is 7.30. The van der Waals surface area contributed by atoms with Crippen LogP contribution in [0.3, 0.4) is 0 Å². The van der Waals surface area contributed by atoms with Crippen molar-refractivity contribution < 1.29 is 14.0 Å². The Bertz CT molecular complexity index is 1000. The van der Waals surface area contributed by atoms with Crippen molar-refractivity contribution in [1.82, 2.24) is 14.7 Å². The number of amides is 2. The number of rotatable bonds is 5. The molecule has 1 aromatic rings. The topological polar surface area (TPSA) is 93.7 Å². The summed E-state index contributed by atoms with van der Waals surface area (Å²) < 4.78 is 13.5. The maximum Gasteiger partial charge on any atom is 0.242 e. The van der Waals surface area contributed by atoms with E-state index in [9.17, 15) is 19.2 Å². The molecule has 1 aromatic carbocycles. The molecule has 3 heterocycles. The Hall–Kier alpha value is -2.50. The first-order valence-corrected chi connectivity index (χ1v) is 11.9. The number of fused-ring (bicyclic) bond motifs is 3. The Morgan fingerprint density at radius 2 is 1.94 bits per heavy atom. The van der Waals surface area contributed by atoms with Crippen LogP contribution < -0.4 is 5.73 Å². The molecule has 0 spiro atoms. The zero-order chi connectivity index (χ0) is 23.7. The lowest BCUT2D eigenvalue weighted by atomic mass is 9.80. The first kappa shape index (κ1) is 22.3. The number of likely N-dealkylation sites (tertiary alicyclic amines) is 3. The van der Waals surface area contributed by atoms with Gasteiger partial charge >= 0.3 is 0 Å². The van der Waals surface area contributed by atoms with Crippen LogP contribution in [0, 0.1) is 28.5 Å². The van der Waals surface area contributed by atoms with Crippen LogP contribution in [0.25, 0.3) is 0 Å². The van der Waals surface area contributed by atoms with E-state index in [4.69, 9.17) is 5.73 Å². The molecule has 1 saturated carbocycles. The summed E-state index contributed by atoms with van der Waals surface area (Å²) in [5.74, 6) is 0.0372. The van der Waals surface area contributed by atoms with Gasteiger partial charge in [-0.2, -0.15) is 5.26 Å². The molecule has 4 fully saturated rings. The highest BCUT2D eigenvalue weighted by atomic mass is 19.1. The first-order valence-electron chi connectivity index (χ1n) is 11.9. The fourth-order valence-corrected chi connectivity index (χ4v) is 6.36. The lowest BCUT2D eigenvalue weighted by molar-refractivity contribution is -0.143. The Balaban J connectivity index is 1.29. The number of nitriles is 1. The molecule has 4 aliphatic rings. The normalized spacial score (nSPS) is 32.6. The average Bonchev–Trinajstić information content (AvgIpc) is 3.09. The number of nitrogens with zero attached hydrogens (tertiary/aromatic N) is 4. The van der Waals surface area contributed by atoms with Crippen LogP contribution >= 0.6 is 0 Å². The maximum absolute atomic E-state index is 13.5. The summed E-state index contributed by atoms with van der Waals surface area (Å²) in [5.41, 5.74) is 7.02. The molecule has 2 bridgehead atoms. The quantitative estimate of drug-likeness (QED) is 0.736. The molecule has 176 valence electrons. The summed E-state index contributed by atoms with van der Waals surface area (Å²) >= 11 is 0. The van der Waals surface area contributed by atoms with Crippen LogP contribution in [-0.2, 0) is 9.59 Å². The summed E-state index contributed by atoms with van der Waals surface area (Å²) in [6.45, 7) is 7.28. The Morgan fingerprint density at radius 1 is 1.24 bits per heavy atom. The van der Waals surface area contributed by atoms with Crippen molar-refractivity contribution in [3.8, 4) is 6.07 Å². The van der Waals surface area contributed by atoms with Crippen LogP contribution in [0.2, 0.25) is 0 Å². The van der Waals surface area contributed by atoms with Gasteiger partial charge in [0.15, 0.2) is 0 Å². The number of benzene rings is 1. The summed E-state index contributed by atoms with van der Waals surface area (Å²) in [5, 5.41) is 9.40. The molecule has 8 heteroatoms. The third-order valence-corrected chi connectivity index (χ3v) is 7.85. The van der Waals surface area contributed by atoms with Crippen molar-refractivity contribution in [3.05, 3.63) is 35.6 Å². The maximum atomic E-state index is 13.5. The molecule has 33 heavy (non-hydrogen) atoms. The predicted octanol–water partition coefficient (Wildman–Crippen LogP) is 2.04. The van der Waals surface area contributed by atoms with Crippen molar-refractivity contribution in [1.29, 1.82) is 5.26 Å². The Kier molecular flexibility index (Phi) is 5.26. The number of carbonyl (C=O) groups excluding carboxylic acids is 2. The second-order valence-corrected chi connectivity index (χ2v) is 11.2. The average molecular weight is 454 g/mol. The predicted molar refractivity (Wildman–Crippen MR) is 120 cm³/mol. The summed E-state index contributed by atoms with van der Waals surface area (Å²) in [4.78, 5) is 32.3. The highest BCUT2D eigenvalue weighted by molar-refractivity contribution is 5.87. The molecular weight excluding hydrogens is 421 g/mol. The third-order valence-electron chi connectivity index (χ3n) is 7.85. The summed E-state index contributed by atoms with van der Waals surface area (Å²) in [7, 11) is 0. The number of hydrogen-bond acceptors (Lipinski definition) is 5. The minimum atomic E-state index is -0.740. The fraction of sp³-hybridized carbons (Fsp3) is 0.640. The molecule has 2 amide bonds. The SMILES string of the molecule is CC(C)(C)[C@H](c1ccc(F)cc1)N1C(=O)[C@H]2C[C@@H]1CN2C[C@H](N)C(=O)N1[C@H](C#N)CC2C[C@@H]21. The van der Waals surface area contributed by atoms with Crippen LogP contribution in [-0.4, -0.2) is 69.8 Å². The van der Waals surface area contributed by atoms with Crippen LogP contribution in [0.4, 0.5) is 4.39 Å². The number of nitrogens with two attached hydrogens (primary N) is 1. The summed E-state index contributed by atoms with van der Waals surface area (Å²) in [6.07, 6.45) is 2.43. The van der Waals surface area contributed by atoms with Gasteiger partial charge in [-0.15, -0.1) is 0 Å². The zero-order valence-corrected chi connectivity index (χ0v) is 19.4. The molecule has 7 nitrogen and oxygen atoms in total. The third kappa shape index (κ3) is 3.71. The number of piperazine rings is 1. The number of carbonyl (C=O) groups is 2. The number of halogens is 1. The van der Waals surface area contributed by atoms with E-state index in [2.05, 4.69) is 26.8 Å². The second kappa shape index (κ2) is 7.78. The van der Waals surface area contributed by atoms with Crippen LogP contribution in [0.5, 0.6) is 0 Å². The van der Waals surface area contributed by atoms with Crippen molar-refractivity contribution in [2.75, 3.05) is 13.1 Å². The van der Waals surface area contributed by atoms with E-state index in [1.165, 1.54) is 12.1 Å². The molecular formula is C25H32FN5O2. The molecule has 0 radical (unpaired) electrons. The van der Waals surface area contributed by atoms with Gasteiger partial charge in [0, 0.05) is 25.2 Å². The van der Waals surface area contributed by atoms with Crippen molar-refractivity contribution in [3.63, 3.8) is 0 Å². The highest BCUT2D eigenvalue weighted by Gasteiger charge is 2.56. The van der Waals surface area contributed by atoms with E-state index in [0.717, 1.165) is 18.4 Å². The molecule has 3 aliphatic heterocycles. The molecule has 0 aromatic heterocycles. The van der Waals surface area contributed by atoms with Gasteiger partial charge in [-0.05, 0) is 48.3 Å². The van der Waals surface area contributed by atoms with Crippen LogP contribution in [0.1, 0.15) is 51.6 Å². The molecule has 3 saturated heterocycles. The minimum absolute atomic E-state index is 0.0329. The van der Waals surface area contributed by atoms with E-state index in [0.29, 0.717) is 25.4 Å². The molecule has 5 rings (SSSR count). The largest absolute Gasteiger partial charge is 0.329 e. The zero-order valence-electron chi connectivity index (χ0n) is 19.4. The van der Waals surface area contributed by atoms with E-state index < -0.39 is 6.04 Å². The molecule has 7 atom stereocenters. The van der Waals surface area contributed by atoms with Gasteiger partial charge in [0.1, 0.15) is 11.9 Å².